The molecule has 1 amide bonds. The molecule has 2 fully saturated rings. The van der Waals surface area contributed by atoms with Crippen LogP contribution in [0.4, 0.5) is 10.1 Å². The molecule has 0 bridgehead atoms. The SMILES string of the molecule is O=C([C@H]1CCO[C@@H]1c1ccncc1)N1CCN(c2ccc(F)cc2)CC1. The molecule has 2 atom stereocenters. The van der Waals surface area contributed by atoms with Gasteiger partial charge in [-0.2, -0.15) is 0 Å². The molecular weight excluding hydrogens is 333 g/mol. The first-order chi connectivity index (χ1) is 12.7. The highest BCUT2D eigenvalue weighted by Gasteiger charge is 2.38. The molecule has 0 saturated carbocycles. The molecule has 2 aromatic rings. The van der Waals surface area contributed by atoms with Gasteiger partial charge in [0, 0.05) is 50.9 Å². The van der Waals surface area contributed by atoms with E-state index in [0.717, 1.165) is 30.8 Å². The van der Waals surface area contributed by atoms with Crippen molar-refractivity contribution < 1.29 is 13.9 Å². The van der Waals surface area contributed by atoms with Gasteiger partial charge in [-0.15, -0.1) is 0 Å². The van der Waals surface area contributed by atoms with Gasteiger partial charge in [-0.1, -0.05) is 0 Å². The molecule has 26 heavy (non-hydrogen) atoms. The molecule has 0 aliphatic carbocycles. The largest absolute Gasteiger partial charge is 0.373 e. The molecule has 6 heteroatoms. The molecule has 1 aromatic carbocycles. The van der Waals surface area contributed by atoms with Crippen LogP contribution in [0.3, 0.4) is 0 Å². The van der Waals surface area contributed by atoms with E-state index in [4.69, 9.17) is 4.74 Å². The first-order valence-corrected chi connectivity index (χ1v) is 9.03. The van der Waals surface area contributed by atoms with Crippen LogP contribution in [0.5, 0.6) is 0 Å². The van der Waals surface area contributed by atoms with Gasteiger partial charge in [0.25, 0.3) is 0 Å². The maximum atomic E-state index is 13.1. The van der Waals surface area contributed by atoms with Crippen LogP contribution < -0.4 is 4.90 Å². The lowest BCUT2D eigenvalue weighted by Crippen LogP contribution is -2.50. The number of aromatic nitrogens is 1. The summed E-state index contributed by atoms with van der Waals surface area (Å²) >= 11 is 0. The number of piperazine rings is 1. The molecule has 2 aliphatic rings. The smallest absolute Gasteiger partial charge is 0.228 e. The molecule has 2 saturated heterocycles. The monoisotopic (exact) mass is 355 g/mol. The fourth-order valence-electron chi connectivity index (χ4n) is 3.80. The molecule has 1 aromatic heterocycles. The van der Waals surface area contributed by atoms with E-state index in [1.165, 1.54) is 12.1 Å². The molecule has 0 spiro atoms. The lowest BCUT2D eigenvalue weighted by Gasteiger charge is -2.37. The van der Waals surface area contributed by atoms with E-state index in [1.54, 1.807) is 24.5 Å². The first kappa shape index (κ1) is 17.0. The Kier molecular flexibility index (Phi) is 4.84. The van der Waals surface area contributed by atoms with Crippen LogP contribution in [0.25, 0.3) is 0 Å². The van der Waals surface area contributed by atoms with Gasteiger partial charge in [-0.05, 0) is 48.4 Å². The molecule has 0 radical (unpaired) electrons. The van der Waals surface area contributed by atoms with Crippen LogP contribution >= 0.6 is 0 Å². The van der Waals surface area contributed by atoms with Crippen molar-refractivity contribution in [1.29, 1.82) is 0 Å². The third-order valence-electron chi connectivity index (χ3n) is 5.23. The van der Waals surface area contributed by atoms with Crippen molar-refractivity contribution >= 4 is 11.6 Å². The van der Waals surface area contributed by atoms with E-state index in [9.17, 15) is 9.18 Å². The summed E-state index contributed by atoms with van der Waals surface area (Å²) in [5.41, 5.74) is 2.01. The summed E-state index contributed by atoms with van der Waals surface area (Å²) in [5.74, 6) is -0.191. The third-order valence-corrected chi connectivity index (χ3v) is 5.23. The number of rotatable bonds is 3. The van der Waals surface area contributed by atoms with Crippen LogP contribution in [-0.2, 0) is 9.53 Å². The first-order valence-electron chi connectivity index (χ1n) is 9.03. The zero-order chi connectivity index (χ0) is 17.9. The summed E-state index contributed by atoms with van der Waals surface area (Å²) in [6.45, 7) is 3.47. The number of hydrogen-bond donors (Lipinski definition) is 0. The van der Waals surface area contributed by atoms with E-state index in [-0.39, 0.29) is 23.7 Å². The molecule has 2 aliphatic heterocycles. The van der Waals surface area contributed by atoms with Crippen molar-refractivity contribution in [2.24, 2.45) is 5.92 Å². The minimum atomic E-state index is -0.231. The highest BCUT2D eigenvalue weighted by atomic mass is 19.1. The molecule has 3 heterocycles. The van der Waals surface area contributed by atoms with Crippen LogP contribution in [0, 0.1) is 11.7 Å². The van der Waals surface area contributed by atoms with E-state index < -0.39 is 0 Å². The van der Waals surface area contributed by atoms with Crippen LogP contribution in [0.15, 0.2) is 48.8 Å². The number of pyridine rings is 1. The van der Waals surface area contributed by atoms with Gasteiger partial charge >= 0.3 is 0 Å². The standard InChI is InChI=1S/C20H22FN3O2/c21-16-1-3-17(4-2-16)23-10-12-24(13-11-23)20(25)18-7-14-26-19(18)15-5-8-22-9-6-15/h1-6,8-9,18-19H,7,10-14H2/t18-,19+/m0/s1. The number of amides is 1. The second kappa shape index (κ2) is 7.41. The number of carbonyl (C=O) groups excluding carboxylic acids is 1. The Morgan fingerprint density at radius 1 is 1.04 bits per heavy atom. The number of halogens is 1. The van der Waals surface area contributed by atoms with Crippen molar-refractivity contribution in [2.45, 2.75) is 12.5 Å². The quantitative estimate of drug-likeness (QED) is 0.849. The van der Waals surface area contributed by atoms with E-state index >= 15 is 0 Å². The van der Waals surface area contributed by atoms with Crippen LogP contribution in [0.1, 0.15) is 18.1 Å². The van der Waals surface area contributed by atoms with Crippen molar-refractivity contribution in [2.75, 3.05) is 37.7 Å². The summed E-state index contributed by atoms with van der Waals surface area (Å²) in [7, 11) is 0. The topological polar surface area (TPSA) is 45.7 Å². The molecule has 0 unspecified atom stereocenters. The van der Waals surface area contributed by atoms with Crippen molar-refractivity contribution in [1.82, 2.24) is 9.88 Å². The lowest BCUT2D eigenvalue weighted by atomic mass is 9.94. The maximum absolute atomic E-state index is 13.1. The van der Waals surface area contributed by atoms with Crippen LogP contribution in [-0.4, -0.2) is 48.6 Å². The lowest BCUT2D eigenvalue weighted by molar-refractivity contribution is -0.137. The number of benzene rings is 1. The van der Waals surface area contributed by atoms with Gasteiger partial charge in [0.05, 0.1) is 12.0 Å². The van der Waals surface area contributed by atoms with E-state index in [2.05, 4.69) is 9.88 Å². The fraction of sp³-hybridized carbons (Fsp3) is 0.400. The number of nitrogens with zero attached hydrogens (tertiary/aromatic N) is 3. The van der Waals surface area contributed by atoms with E-state index in [0.29, 0.717) is 19.7 Å². The van der Waals surface area contributed by atoms with Gasteiger partial charge in [-0.25, -0.2) is 4.39 Å². The van der Waals surface area contributed by atoms with Crippen molar-refractivity contribution in [3.05, 3.63) is 60.2 Å². The third kappa shape index (κ3) is 3.42. The fourth-order valence-corrected chi connectivity index (χ4v) is 3.80. The van der Waals surface area contributed by atoms with Gasteiger partial charge in [0.15, 0.2) is 0 Å². The molecule has 136 valence electrons. The van der Waals surface area contributed by atoms with Gasteiger partial charge < -0.3 is 14.5 Å². The van der Waals surface area contributed by atoms with Crippen molar-refractivity contribution in [3.63, 3.8) is 0 Å². The van der Waals surface area contributed by atoms with Crippen LogP contribution in [0.2, 0.25) is 0 Å². The second-order valence-electron chi connectivity index (χ2n) is 6.76. The summed E-state index contributed by atoms with van der Waals surface area (Å²) in [4.78, 5) is 21.2. The number of anilines is 1. The zero-order valence-corrected chi connectivity index (χ0v) is 14.6. The summed E-state index contributed by atoms with van der Waals surface area (Å²) in [6.07, 6.45) is 4.05. The minimum absolute atomic E-state index is 0.130. The number of ether oxygens (including phenoxy) is 1. The Morgan fingerprint density at radius 2 is 1.73 bits per heavy atom. The van der Waals surface area contributed by atoms with E-state index in [1.807, 2.05) is 17.0 Å². The molecule has 4 rings (SSSR count). The Bertz CT molecular complexity index is 745. The Labute approximate surface area is 152 Å². The average Bonchev–Trinajstić information content (AvgIpc) is 3.19. The number of hydrogen-bond acceptors (Lipinski definition) is 4. The summed E-state index contributed by atoms with van der Waals surface area (Å²) in [6, 6.07) is 10.4. The normalized spacial score (nSPS) is 23.3. The van der Waals surface area contributed by atoms with Gasteiger partial charge in [0.2, 0.25) is 5.91 Å². The van der Waals surface area contributed by atoms with Crippen molar-refractivity contribution in [3.8, 4) is 0 Å². The Balaban J connectivity index is 1.39. The van der Waals surface area contributed by atoms with Gasteiger partial charge in [-0.3, -0.25) is 9.78 Å². The Hall–Kier alpha value is -2.47. The highest BCUT2D eigenvalue weighted by Crippen LogP contribution is 2.35. The molecule has 5 nitrogen and oxygen atoms in total. The minimum Gasteiger partial charge on any atom is -0.373 e. The highest BCUT2D eigenvalue weighted by molar-refractivity contribution is 5.80. The molecule has 0 N–H and O–H groups in total. The predicted octanol–water partition coefficient (Wildman–Crippen LogP) is 2.65. The Morgan fingerprint density at radius 3 is 2.42 bits per heavy atom. The summed E-state index contributed by atoms with van der Waals surface area (Å²) < 4.78 is 18.9. The summed E-state index contributed by atoms with van der Waals surface area (Å²) in [5, 5.41) is 0. The number of carbonyl (C=O) groups is 1. The zero-order valence-electron chi connectivity index (χ0n) is 14.6. The average molecular weight is 355 g/mol. The predicted molar refractivity (Wildman–Crippen MR) is 96.2 cm³/mol. The molecular formula is C20H22FN3O2. The maximum Gasteiger partial charge on any atom is 0.228 e. The van der Waals surface area contributed by atoms with Gasteiger partial charge in [0.1, 0.15) is 5.82 Å². The second-order valence-corrected chi connectivity index (χ2v) is 6.76.